The molecule has 0 spiro atoms. The van der Waals surface area contributed by atoms with E-state index in [0.717, 1.165) is 6.42 Å². The van der Waals surface area contributed by atoms with Crippen LogP contribution in [-0.2, 0) is 0 Å². The van der Waals surface area contributed by atoms with Crippen LogP contribution < -0.4 is 0 Å². The van der Waals surface area contributed by atoms with Crippen molar-refractivity contribution < 1.29 is 0 Å². The van der Waals surface area contributed by atoms with Crippen molar-refractivity contribution in [1.82, 2.24) is 0 Å². The molecule has 0 aromatic heterocycles. The van der Waals surface area contributed by atoms with Gasteiger partial charge >= 0.3 is 0 Å². The largest absolute Gasteiger partial charge is 0.0874 e. The van der Waals surface area contributed by atoms with Gasteiger partial charge in [0.05, 0.1) is 0 Å². The molecule has 0 saturated heterocycles. The smallest absolute Gasteiger partial charge is 0.0282 e. The van der Waals surface area contributed by atoms with Crippen molar-refractivity contribution in [2.45, 2.75) is 114 Å². The molecule has 0 unspecified atom stereocenters. The zero-order chi connectivity index (χ0) is 20.6. The van der Waals surface area contributed by atoms with Crippen molar-refractivity contribution in [3.05, 3.63) is 47.6 Å². The third-order valence-electron chi connectivity index (χ3n) is 3.84. The van der Waals surface area contributed by atoms with Crippen molar-refractivity contribution >= 4 is 0 Å². The highest BCUT2D eigenvalue weighted by molar-refractivity contribution is 5.18. The molecule has 0 aliphatic carbocycles. The molecule has 0 N–H and O–H groups in total. The molecule has 0 aromatic rings. The molecule has 0 aliphatic heterocycles. The lowest BCUT2D eigenvalue weighted by Crippen LogP contribution is -1.85. The summed E-state index contributed by atoms with van der Waals surface area (Å²) in [5, 5.41) is 0. The number of hydrogen-bond acceptors (Lipinski definition) is 0. The normalized spacial score (nSPS) is 12.2. The molecule has 0 heterocycles. The molecule has 0 fully saturated rings. The van der Waals surface area contributed by atoms with Gasteiger partial charge in [0.1, 0.15) is 0 Å². The zero-order valence-electron chi connectivity index (χ0n) is 19.7. The Kier molecular flexibility index (Phi) is 29.9. The summed E-state index contributed by atoms with van der Waals surface area (Å²) in [4.78, 5) is 0. The van der Waals surface area contributed by atoms with E-state index >= 15 is 0 Å². The fourth-order valence-corrected chi connectivity index (χ4v) is 2.56. The highest BCUT2D eigenvalue weighted by atomic mass is 14.0. The Morgan fingerprint density at radius 1 is 0.731 bits per heavy atom. The average molecular weight is 363 g/mol. The number of unbranched alkanes of at least 4 members (excludes halogenated alkanes) is 4. The predicted molar refractivity (Wildman–Crippen MR) is 126 cm³/mol. The van der Waals surface area contributed by atoms with Gasteiger partial charge in [-0.25, -0.2) is 0 Å². The maximum absolute atomic E-state index is 2.36. The van der Waals surface area contributed by atoms with E-state index in [-0.39, 0.29) is 0 Å². The maximum Gasteiger partial charge on any atom is -0.0282 e. The van der Waals surface area contributed by atoms with Gasteiger partial charge in [0.15, 0.2) is 0 Å². The van der Waals surface area contributed by atoms with Gasteiger partial charge in [0, 0.05) is 0 Å². The average Bonchev–Trinajstić information content (AvgIpc) is 2.66. The van der Waals surface area contributed by atoms with Crippen LogP contribution in [0.25, 0.3) is 0 Å². The van der Waals surface area contributed by atoms with Gasteiger partial charge in [0.2, 0.25) is 0 Å². The van der Waals surface area contributed by atoms with Gasteiger partial charge in [-0.05, 0) is 51.9 Å². The summed E-state index contributed by atoms with van der Waals surface area (Å²) in [6.45, 7) is 19.0. The molecule has 0 radical (unpaired) electrons. The molecule has 0 bridgehead atoms. The maximum atomic E-state index is 2.36. The molecule has 0 heteroatoms. The second-order valence-electron chi connectivity index (χ2n) is 6.42. The lowest BCUT2D eigenvalue weighted by molar-refractivity contribution is 0.614. The Balaban J connectivity index is -0.00000123. The lowest BCUT2D eigenvalue weighted by atomic mass is 10.0. The number of rotatable bonds is 12. The molecule has 26 heavy (non-hydrogen) atoms. The van der Waals surface area contributed by atoms with E-state index in [1.54, 1.807) is 0 Å². The summed E-state index contributed by atoms with van der Waals surface area (Å²) in [5.41, 5.74) is 3.01. The molecule has 0 nitrogen and oxygen atoms in total. The van der Waals surface area contributed by atoms with Crippen molar-refractivity contribution in [2.75, 3.05) is 0 Å². The minimum atomic E-state index is 0.650. The first-order valence-corrected chi connectivity index (χ1v) is 11.3. The zero-order valence-corrected chi connectivity index (χ0v) is 19.7. The molecule has 0 aliphatic rings. The summed E-state index contributed by atoms with van der Waals surface area (Å²) in [7, 11) is 0. The summed E-state index contributed by atoms with van der Waals surface area (Å²) < 4.78 is 0. The van der Waals surface area contributed by atoms with E-state index in [4.69, 9.17) is 0 Å². The van der Waals surface area contributed by atoms with Crippen LogP contribution in [0.4, 0.5) is 0 Å². The fraction of sp³-hybridized carbons (Fsp3) is 0.692. The minimum absolute atomic E-state index is 0.650. The third-order valence-corrected chi connectivity index (χ3v) is 3.84. The second kappa shape index (κ2) is 26.2. The first kappa shape index (κ1) is 29.7. The van der Waals surface area contributed by atoms with Crippen molar-refractivity contribution in [3.63, 3.8) is 0 Å². The Morgan fingerprint density at radius 3 is 1.65 bits per heavy atom. The van der Waals surface area contributed by atoms with E-state index < -0.39 is 0 Å². The highest BCUT2D eigenvalue weighted by Crippen LogP contribution is 2.16. The van der Waals surface area contributed by atoms with Gasteiger partial charge in [0.25, 0.3) is 0 Å². The SMILES string of the molecule is C/C=C\C(=C/CC)CCCCCCCC(/C=C\C(C)C)=C/C.CC.CC. The standard InChI is InChI=1S/C22H38.2C2H6/c1-6-14-22(15-7-2)17-13-11-9-10-12-16-21(8-3)19-18-20(4)5;2*1-2/h6,8,14-15,18-20H,7,9-13,16-17H2,1-5H3;2*1-2H3/b14-6-,19-18-,21-8-,22-15+;;. The Labute approximate surface area is 167 Å². The minimum Gasteiger partial charge on any atom is -0.0874 e. The van der Waals surface area contributed by atoms with Crippen molar-refractivity contribution in [1.29, 1.82) is 0 Å². The third kappa shape index (κ3) is 23.0. The van der Waals surface area contributed by atoms with Crippen molar-refractivity contribution in [2.24, 2.45) is 5.92 Å². The van der Waals surface area contributed by atoms with Gasteiger partial charge < -0.3 is 0 Å². The van der Waals surface area contributed by atoms with E-state index in [0.29, 0.717) is 5.92 Å². The van der Waals surface area contributed by atoms with Crippen LogP contribution >= 0.6 is 0 Å². The first-order chi connectivity index (χ1) is 12.6. The highest BCUT2D eigenvalue weighted by Gasteiger charge is 1.96. The first-order valence-electron chi connectivity index (χ1n) is 11.3. The van der Waals surface area contributed by atoms with Crippen LogP contribution in [0.2, 0.25) is 0 Å². The van der Waals surface area contributed by atoms with Crippen LogP contribution in [0, 0.1) is 5.92 Å². The van der Waals surface area contributed by atoms with Crippen LogP contribution in [-0.4, -0.2) is 0 Å². The van der Waals surface area contributed by atoms with Crippen LogP contribution in [0.1, 0.15) is 114 Å². The fourth-order valence-electron chi connectivity index (χ4n) is 2.56. The second-order valence-corrected chi connectivity index (χ2v) is 6.42. The Morgan fingerprint density at radius 2 is 1.23 bits per heavy atom. The molecular weight excluding hydrogens is 312 g/mol. The molecular formula is C26H50. The molecule has 154 valence electrons. The predicted octanol–water partition coefficient (Wildman–Crippen LogP) is 9.84. The summed E-state index contributed by atoms with van der Waals surface area (Å²) in [6.07, 6.45) is 24.1. The van der Waals surface area contributed by atoms with Crippen LogP contribution in [0.5, 0.6) is 0 Å². The van der Waals surface area contributed by atoms with E-state index in [2.05, 4.69) is 71.1 Å². The number of allylic oxidation sites excluding steroid dienone is 8. The monoisotopic (exact) mass is 362 g/mol. The van der Waals surface area contributed by atoms with E-state index in [1.807, 2.05) is 27.7 Å². The van der Waals surface area contributed by atoms with Crippen molar-refractivity contribution in [3.8, 4) is 0 Å². The molecule has 0 saturated carbocycles. The van der Waals surface area contributed by atoms with Gasteiger partial charge in [-0.15, -0.1) is 0 Å². The Hall–Kier alpha value is -1.04. The van der Waals surface area contributed by atoms with Crippen LogP contribution in [0.3, 0.4) is 0 Å². The van der Waals surface area contributed by atoms with Gasteiger partial charge in [-0.3, -0.25) is 0 Å². The van der Waals surface area contributed by atoms with E-state index in [1.165, 1.54) is 56.1 Å². The summed E-state index contributed by atoms with van der Waals surface area (Å²) >= 11 is 0. The van der Waals surface area contributed by atoms with Crippen LogP contribution in [0.15, 0.2) is 47.6 Å². The van der Waals surface area contributed by atoms with Gasteiger partial charge in [-0.1, -0.05) is 115 Å². The summed E-state index contributed by atoms with van der Waals surface area (Å²) in [6, 6.07) is 0. The Bertz CT molecular complexity index is 363. The molecule has 0 aromatic carbocycles. The van der Waals surface area contributed by atoms with E-state index in [9.17, 15) is 0 Å². The molecule has 0 amide bonds. The topological polar surface area (TPSA) is 0 Å². The molecule has 0 rings (SSSR count). The molecule has 0 atom stereocenters. The summed E-state index contributed by atoms with van der Waals surface area (Å²) in [5.74, 6) is 0.650. The quantitative estimate of drug-likeness (QED) is 0.239. The van der Waals surface area contributed by atoms with Gasteiger partial charge in [-0.2, -0.15) is 0 Å². The number of hydrogen-bond donors (Lipinski definition) is 0. The lowest BCUT2D eigenvalue weighted by Gasteiger charge is -2.05.